The quantitative estimate of drug-likeness (QED) is 0.195. The second kappa shape index (κ2) is 10.4. The molecule has 9 rings (SSSR count). The van der Waals surface area contributed by atoms with E-state index in [4.69, 9.17) is 4.74 Å². The van der Waals surface area contributed by atoms with Gasteiger partial charge in [-0.3, -0.25) is 0 Å². The summed E-state index contributed by atoms with van der Waals surface area (Å²) in [5.74, 6) is 1.78. The van der Waals surface area contributed by atoms with Gasteiger partial charge in [-0.05, 0) is 73.8 Å². The van der Waals surface area contributed by atoms with Gasteiger partial charge in [0.25, 0.3) is 0 Å². The largest absolute Gasteiger partial charge is 0.457 e. The fourth-order valence-electron chi connectivity index (χ4n) is 8.22. The molecule has 47 heavy (non-hydrogen) atoms. The van der Waals surface area contributed by atoms with E-state index in [2.05, 4.69) is 184 Å². The van der Waals surface area contributed by atoms with Gasteiger partial charge in [0, 0.05) is 16.5 Å². The number of hydrogen-bond acceptors (Lipinski definition) is 1. The summed E-state index contributed by atoms with van der Waals surface area (Å²) in [5, 5.41) is 0. The molecule has 1 heterocycles. The zero-order chi connectivity index (χ0) is 31.6. The molecule has 224 valence electrons. The van der Waals surface area contributed by atoms with E-state index in [0.717, 1.165) is 22.6 Å². The number of benzene rings is 7. The van der Waals surface area contributed by atoms with Crippen molar-refractivity contribution in [3.63, 3.8) is 0 Å². The van der Waals surface area contributed by atoms with E-state index in [0.29, 0.717) is 0 Å². The van der Waals surface area contributed by atoms with E-state index in [1.54, 1.807) is 0 Å². The van der Waals surface area contributed by atoms with Crippen LogP contribution in [0.15, 0.2) is 170 Å². The smallest absolute Gasteiger partial charge is 0.132 e. The predicted octanol–water partition coefficient (Wildman–Crippen LogP) is 11.8. The van der Waals surface area contributed by atoms with Crippen molar-refractivity contribution < 1.29 is 4.74 Å². The fourth-order valence-corrected chi connectivity index (χ4v) is 8.22. The van der Waals surface area contributed by atoms with Crippen LogP contribution in [0.25, 0.3) is 33.4 Å². The molecule has 2 aliphatic rings. The Bertz CT molecular complexity index is 2240. The lowest BCUT2D eigenvalue weighted by Gasteiger charge is -2.41. The molecule has 0 N–H and O–H groups in total. The monoisotopic (exact) mass is 602 g/mol. The molecule has 0 aromatic heterocycles. The Morgan fingerprint density at radius 3 is 1.64 bits per heavy atom. The van der Waals surface area contributed by atoms with E-state index in [1.165, 1.54) is 55.6 Å². The van der Waals surface area contributed by atoms with Crippen molar-refractivity contribution in [2.24, 2.45) is 0 Å². The Labute approximate surface area is 276 Å². The van der Waals surface area contributed by atoms with Gasteiger partial charge in [0.15, 0.2) is 0 Å². The molecule has 0 spiro atoms. The van der Waals surface area contributed by atoms with Gasteiger partial charge in [-0.25, -0.2) is 0 Å². The molecule has 0 saturated carbocycles. The summed E-state index contributed by atoms with van der Waals surface area (Å²) >= 11 is 0. The van der Waals surface area contributed by atoms with Gasteiger partial charge >= 0.3 is 0 Å². The highest BCUT2D eigenvalue weighted by Gasteiger charge is 2.45. The minimum Gasteiger partial charge on any atom is -0.457 e. The van der Waals surface area contributed by atoms with Gasteiger partial charge < -0.3 is 4.74 Å². The van der Waals surface area contributed by atoms with Crippen LogP contribution in [0, 0.1) is 0 Å². The molecule has 0 saturated heterocycles. The molecular weight excluding hydrogens is 569 g/mol. The van der Waals surface area contributed by atoms with E-state index >= 15 is 0 Å². The molecule has 1 heteroatoms. The molecule has 0 amide bonds. The van der Waals surface area contributed by atoms with E-state index in [-0.39, 0.29) is 5.41 Å². The predicted molar refractivity (Wildman–Crippen MR) is 193 cm³/mol. The van der Waals surface area contributed by atoms with Crippen LogP contribution < -0.4 is 4.74 Å². The molecule has 0 bridgehead atoms. The summed E-state index contributed by atoms with van der Waals surface area (Å²) in [6.45, 7) is 4.68. The van der Waals surface area contributed by atoms with E-state index in [9.17, 15) is 0 Å². The third-order valence-electron chi connectivity index (χ3n) is 10.4. The molecular formula is C46H34O. The number of rotatable bonds is 4. The van der Waals surface area contributed by atoms with Crippen LogP contribution in [0.5, 0.6) is 11.5 Å². The highest BCUT2D eigenvalue weighted by Crippen LogP contribution is 2.56. The van der Waals surface area contributed by atoms with Crippen LogP contribution in [0.4, 0.5) is 0 Å². The summed E-state index contributed by atoms with van der Waals surface area (Å²) in [5.41, 5.74) is 14.6. The molecule has 7 aromatic carbocycles. The zero-order valence-electron chi connectivity index (χ0n) is 26.6. The van der Waals surface area contributed by atoms with Crippen molar-refractivity contribution in [2.75, 3.05) is 0 Å². The first-order valence-electron chi connectivity index (χ1n) is 16.4. The first-order chi connectivity index (χ1) is 23.1. The number of hydrogen-bond donors (Lipinski definition) is 0. The van der Waals surface area contributed by atoms with Crippen molar-refractivity contribution in [2.45, 2.75) is 24.7 Å². The van der Waals surface area contributed by atoms with Gasteiger partial charge in [0.1, 0.15) is 11.5 Å². The molecule has 1 nitrogen and oxygen atoms in total. The van der Waals surface area contributed by atoms with Crippen LogP contribution in [0.2, 0.25) is 0 Å². The van der Waals surface area contributed by atoms with Crippen LogP contribution in [-0.2, 0) is 10.8 Å². The molecule has 0 atom stereocenters. The van der Waals surface area contributed by atoms with Crippen LogP contribution >= 0.6 is 0 Å². The molecule has 1 aliphatic heterocycles. The van der Waals surface area contributed by atoms with Crippen molar-refractivity contribution in [1.82, 2.24) is 0 Å². The zero-order valence-corrected chi connectivity index (χ0v) is 26.6. The number of ether oxygens (including phenoxy) is 1. The maximum absolute atomic E-state index is 6.63. The Morgan fingerprint density at radius 1 is 0.383 bits per heavy atom. The topological polar surface area (TPSA) is 9.23 Å². The van der Waals surface area contributed by atoms with Gasteiger partial charge in [-0.2, -0.15) is 0 Å². The van der Waals surface area contributed by atoms with E-state index < -0.39 is 5.41 Å². The summed E-state index contributed by atoms with van der Waals surface area (Å²) in [7, 11) is 0. The number of para-hydroxylation sites is 1. The first-order valence-corrected chi connectivity index (χ1v) is 16.4. The SMILES string of the molecule is CC1(C)c2ccccc2-c2c(-c3ccc(-c4ccc5c(c4)C(c4ccccc4)(c4ccccc4)c4ccccc4O5)cc3)cccc21. The maximum atomic E-state index is 6.63. The fraction of sp³-hybridized carbons (Fsp3) is 0.0870. The van der Waals surface area contributed by atoms with Crippen LogP contribution in [0.1, 0.15) is 47.2 Å². The first kappa shape index (κ1) is 27.6. The summed E-state index contributed by atoms with van der Waals surface area (Å²) < 4.78 is 6.63. The summed E-state index contributed by atoms with van der Waals surface area (Å²) in [6, 6.07) is 61.7. The average Bonchev–Trinajstić information content (AvgIpc) is 3.37. The van der Waals surface area contributed by atoms with Crippen molar-refractivity contribution in [1.29, 1.82) is 0 Å². The molecule has 0 fully saturated rings. The maximum Gasteiger partial charge on any atom is 0.132 e. The molecule has 1 aliphatic carbocycles. The molecule has 0 radical (unpaired) electrons. The van der Waals surface area contributed by atoms with Gasteiger partial charge in [0.2, 0.25) is 0 Å². The highest BCUT2D eigenvalue weighted by molar-refractivity contribution is 5.92. The average molecular weight is 603 g/mol. The third kappa shape index (κ3) is 4.03. The second-order valence-electron chi connectivity index (χ2n) is 13.3. The van der Waals surface area contributed by atoms with Crippen molar-refractivity contribution in [3.05, 3.63) is 203 Å². The van der Waals surface area contributed by atoms with Crippen LogP contribution in [-0.4, -0.2) is 0 Å². The molecule has 0 unspecified atom stereocenters. The summed E-state index contributed by atoms with van der Waals surface area (Å²) in [6.07, 6.45) is 0. The highest BCUT2D eigenvalue weighted by atomic mass is 16.5. The minimum absolute atomic E-state index is 0.0182. The standard InChI is InChI=1S/C46H34O/c1-45(2)38-20-10-9-18-37(38)44-36(19-13-22-40(44)45)32-26-24-31(25-27-32)33-28-29-43-41(30-33)46(34-14-5-3-6-15-34,35-16-7-4-8-17-35)39-21-11-12-23-42(39)47-43/h3-30H,1-2H3. The van der Waals surface area contributed by atoms with Gasteiger partial charge in [-0.15, -0.1) is 0 Å². The Balaban J connectivity index is 1.20. The van der Waals surface area contributed by atoms with Crippen molar-refractivity contribution in [3.8, 4) is 44.9 Å². The summed E-state index contributed by atoms with van der Waals surface area (Å²) in [4.78, 5) is 0. The Kier molecular flexibility index (Phi) is 6.14. The lowest BCUT2D eigenvalue weighted by molar-refractivity contribution is 0.434. The van der Waals surface area contributed by atoms with Crippen molar-refractivity contribution >= 4 is 0 Å². The van der Waals surface area contributed by atoms with Gasteiger partial charge in [0.05, 0.1) is 5.41 Å². The van der Waals surface area contributed by atoms with E-state index in [1.807, 2.05) is 0 Å². The minimum atomic E-state index is -0.534. The lowest BCUT2D eigenvalue weighted by Crippen LogP contribution is -2.34. The third-order valence-corrected chi connectivity index (χ3v) is 10.4. The molecule has 7 aromatic rings. The second-order valence-corrected chi connectivity index (χ2v) is 13.3. The normalized spacial score (nSPS) is 14.7. The Morgan fingerprint density at radius 2 is 0.915 bits per heavy atom. The van der Waals surface area contributed by atoms with Crippen LogP contribution in [0.3, 0.4) is 0 Å². The number of fused-ring (bicyclic) bond motifs is 5. The Hall–Kier alpha value is -5.66. The lowest BCUT2D eigenvalue weighted by atomic mass is 9.63. The van der Waals surface area contributed by atoms with Gasteiger partial charge in [-0.1, -0.05) is 166 Å².